The molecule has 1 atom stereocenters. The van der Waals surface area contributed by atoms with Gasteiger partial charge in [-0.2, -0.15) is 4.31 Å². The van der Waals surface area contributed by atoms with Gasteiger partial charge < -0.3 is 9.30 Å². The monoisotopic (exact) mass is 322 g/mol. The van der Waals surface area contributed by atoms with Crippen LogP contribution in [0.5, 0.6) is 0 Å². The Bertz CT molecular complexity index is 730. The fraction of sp³-hybridized carbons (Fsp3) is 0.429. The van der Waals surface area contributed by atoms with Gasteiger partial charge in [-0.1, -0.05) is 6.07 Å². The van der Waals surface area contributed by atoms with Crippen LogP contribution in [-0.2, 0) is 28.2 Å². The molecule has 22 heavy (non-hydrogen) atoms. The summed E-state index contributed by atoms with van der Waals surface area (Å²) in [5, 5.41) is 0.0806. The SMILES string of the molecule is Cn1cnc(S(=O)(=O)N2CCO[C@@H](Cc3cccnc3)C2)c1. The zero-order valence-electron chi connectivity index (χ0n) is 12.3. The van der Waals surface area contributed by atoms with Crippen molar-refractivity contribution in [2.45, 2.75) is 17.6 Å². The molecule has 0 spiro atoms. The molecule has 2 aromatic rings. The summed E-state index contributed by atoms with van der Waals surface area (Å²) in [6, 6.07) is 3.82. The van der Waals surface area contributed by atoms with E-state index in [0.29, 0.717) is 26.1 Å². The lowest BCUT2D eigenvalue weighted by atomic mass is 10.1. The first-order valence-corrected chi connectivity index (χ1v) is 8.48. The van der Waals surface area contributed by atoms with E-state index in [9.17, 15) is 8.42 Å². The van der Waals surface area contributed by atoms with Crippen molar-refractivity contribution in [3.8, 4) is 0 Å². The zero-order valence-corrected chi connectivity index (χ0v) is 13.1. The molecule has 2 aromatic heterocycles. The van der Waals surface area contributed by atoms with E-state index in [4.69, 9.17) is 4.74 Å². The highest BCUT2D eigenvalue weighted by atomic mass is 32.2. The average molecular weight is 322 g/mol. The molecule has 0 unspecified atom stereocenters. The van der Waals surface area contributed by atoms with Gasteiger partial charge >= 0.3 is 0 Å². The summed E-state index contributed by atoms with van der Waals surface area (Å²) < 4.78 is 33.9. The van der Waals surface area contributed by atoms with Crippen molar-refractivity contribution in [2.24, 2.45) is 7.05 Å². The van der Waals surface area contributed by atoms with Gasteiger partial charge in [0, 0.05) is 45.1 Å². The van der Waals surface area contributed by atoms with Gasteiger partial charge in [0.05, 0.1) is 19.0 Å². The van der Waals surface area contributed by atoms with E-state index in [0.717, 1.165) is 5.56 Å². The van der Waals surface area contributed by atoms with Crippen LogP contribution in [-0.4, -0.2) is 53.1 Å². The van der Waals surface area contributed by atoms with Crippen LogP contribution in [0.3, 0.4) is 0 Å². The number of rotatable bonds is 4. The van der Waals surface area contributed by atoms with Crippen molar-refractivity contribution < 1.29 is 13.2 Å². The number of sulfonamides is 1. The summed E-state index contributed by atoms with van der Waals surface area (Å²) in [5.41, 5.74) is 1.03. The fourth-order valence-corrected chi connectivity index (χ4v) is 3.89. The number of ether oxygens (including phenoxy) is 1. The first kappa shape index (κ1) is 15.1. The standard InChI is InChI=1S/C14H18N4O3S/c1-17-10-14(16-11-17)22(19,20)18-5-6-21-13(9-18)7-12-3-2-4-15-8-12/h2-4,8,10-11,13H,5-7,9H2,1H3/t13-/m0/s1. The summed E-state index contributed by atoms with van der Waals surface area (Å²) in [6.45, 7) is 1.06. The highest BCUT2D eigenvalue weighted by Crippen LogP contribution is 2.18. The number of nitrogens with zero attached hydrogens (tertiary/aromatic N) is 4. The molecule has 0 aliphatic carbocycles. The number of hydrogen-bond donors (Lipinski definition) is 0. The van der Waals surface area contributed by atoms with E-state index in [1.54, 1.807) is 24.0 Å². The Balaban J connectivity index is 1.73. The van der Waals surface area contributed by atoms with Crippen LogP contribution in [0.1, 0.15) is 5.56 Å². The van der Waals surface area contributed by atoms with Crippen molar-refractivity contribution in [2.75, 3.05) is 19.7 Å². The van der Waals surface area contributed by atoms with Crippen molar-refractivity contribution >= 4 is 10.0 Å². The highest BCUT2D eigenvalue weighted by molar-refractivity contribution is 7.89. The van der Waals surface area contributed by atoms with Crippen molar-refractivity contribution in [3.63, 3.8) is 0 Å². The lowest BCUT2D eigenvalue weighted by Crippen LogP contribution is -2.46. The second kappa shape index (κ2) is 6.15. The van der Waals surface area contributed by atoms with Gasteiger partial charge in [-0.15, -0.1) is 0 Å². The van der Waals surface area contributed by atoms with Crippen LogP contribution in [0, 0.1) is 0 Å². The molecule has 7 nitrogen and oxygen atoms in total. The third-order valence-corrected chi connectivity index (χ3v) is 5.32. The van der Waals surface area contributed by atoms with Crippen LogP contribution in [0.25, 0.3) is 0 Å². The second-order valence-electron chi connectivity index (χ2n) is 5.30. The topological polar surface area (TPSA) is 77.3 Å². The lowest BCUT2D eigenvalue weighted by molar-refractivity contribution is -0.000595. The molecule has 0 amide bonds. The van der Waals surface area contributed by atoms with E-state index < -0.39 is 10.0 Å². The molecule has 3 rings (SSSR count). The van der Waals surface area contributed by atoms with Gasteiger partial charge in [-0.05, 0) is 11.6 Å². The Morgan fingerprint density at radius 2 is 2.32 bits per heavy atom. The predicted molar refractivity (Wildman–Crippen MR) is 79.6 cm³/mol. The molecular formula is C14H18N4O3S. The Morgan fingerprint density at radius 3 is 3.00 bits per heavy atom. The molecule has 118 valence electrons. The third-order valence-electron chi connectivity index (χ3n) is 3.57. The minimum atomic E-state index is -3.56. The fourth-order valence-electron chi connectivity index (χ4n) is 2.47. The van der Waals surface area contributed by atoms with Gasteiger partial charge in [-0.3, -0.25) is 4.98 Å². The highest BCUT2D eigenvalue weighted by Gasteiger charge is 2.32. The van der Waals surface area contributed by atoms with Crippen LogP contribution >= 0.6 is 0 Å². The summed E-state index contributed by atoms with van der Waals surface area (Å²) in [6.07, 6.45) is 6.96. The molecule has 1 fully saturated rings. The Labute approximate surface area is 129 Å². The van der Waals surface area contributed by atoms with E-state index in [-0.39, 0.29) is 11.1 Å². The van der Waals surface area contributed by atoms with Gasteiger partial charge in [0.15, 0.2) is 5.03 Å². The van der Waals surface area contributed by atoms with Crippen molar-refractivity contribution in [1.82, 2.24) is 18.8 Å². The Kier molecular flexibility index (Phi) is 4.23. The van der Waals surface area contributed by atoms with Crippen LogP contribution in [0.2, 0.25) is 0 Å². The molecule has 8 heteroatoms. The summed E-state index contributed by atoms with van der Waals surface area (Å²) in [5.74, 6) is 0. The maximum atomic E-state index is 12.6. The maximum absolute atomic E-state index is 12.6. The largest absolute Gasteiger partial charge is 0.375 e. The third kappa shape index (κ3) is 3.18. The molecule has 1 saturated heterocycles. The summed E-state index contributed by atoms with van der Waals surface area (Å²) in [7, 11) is -1.81. The smallest absolute Gasteiger partial charge is 0.262 e. The first-order valence-electron chi connectivity index (χ1n) is 7.04. The number of hydrogen-bond acceptors (Lipinski definition) is 5. The first-order chi connectivity index (χ1) is 10.6. The molecule has 3 heterocycles. The summed E-state index contributed by atoms with van der Waals surface area (Å²) in [4.78, 5) is 8.02. The van der Waals surface area contributed by atoms with Crippen molar-refractivity contribution in [3.05, 3.63) is 42.6 Å². The molecular weight excluding hydrogens is 304 g/mol. The van der Waals surface area contributed by atoms with Crippen LogP contribution in [0.15, 0.2) is 42.1 Å². The molecule has 0 radical (unpaired) electrons. The van der Waals surface area contributed by atoms with Gasteiger partial charge in [-0.25, -0.2) is 13.4 Å². The number of pyridine rings is 1. The maximum Gasteiger partial charge on any atom is 0.262 e. The molecule has 1 aliphatic heterocycles. The molecule has 0 bridgehead atoms. The predicted octanol–water partition coefficient (Wildman–Crippen LogP) is 0.447. The van der Waals surface area contributed by atoms with E-state index in [2.05, 4.69) is 9.97 Å². The van der Waals surface area contributed by atoms with Crippen LogP contribution < -0.4 is 0 Å². The molecule has 0 aromatic carbocycles. The summed E-state index contributed by atoms with van der Waals surface area (Å²) >= 11 is 0. The van der Waals surface area contributed by atoms with E-state index >= 15 is 0 Å². The Morgan fingerprint density at radius 1 is 1.45 bits per heavy atom. The molecule has 0 saturated carbocycles. The quantitative estimate of drug-likeness (QED) is 0.817. The normalized spacial score (nSPS) is 20.1. The van der Waals surface area contributed by atoms with E-state index in [1.807, 2.05) is 12.1 Å². The van der Waals surface area contributed by atoms with Crippen molar-refractivity contribution in [1.29, 1.82) is 0 Å². The molecule has 1 aliphatic rings. The number of aromatic nitrogens is 3. The number of aryl methyl sites for hydroxylation is 1. The van der Waals surface area contributed by atoms with Gasteiger partial charge in [0.2, 0.25) is 0 Å². The van der Waals surface area contributed by atoms with Gasteiger partial charge in [0.1, 0.15) is 0 Å². The Hall–Kier alpha value is -1.77. The van der Waals surface area contributed by atoms with Crippen LogP contribution in [0.4, 0.5) is 0 Å². The van der Waals surface area contributed by atoms with E-state index in [1.165, 1.54) is 16.8 Å². The lowest BCUT2D eigenvalue weighted by Gasteiger charge is -2.31. The molecule has 0 N–H and O–H groups in total. The van der Waals surface area contributed by atoms with Gasteiger partial charge in [0.25, 0.3) is 10.0 Å². The number of morpholine rings is 1. The average Bonchev–Trinajstić information content (AvgIpc) is 2.96. The number of imidazole rings is 1. The zero-order chi connectivity index (χ0) is 15.6. The minimum absolute atomic E-state index is 0.0806. The second-order valence-corrected chi connectivity index (χ2v) is 7.18. The minimum Gasteiger partial charge on any atom is -0.375 e.